The van der Waals surface area contributed by atoms with E-state index in [9.17, 15) is 9.90 Å². The predicted molar refractivity (Wildman–Crippen MR) is 81.6 cm³/mol. The molecule has 0 aliphatic heterocycles. The highest BCUT2D eigenvalue weighted by Gasteiger charge is 2.34. The van der Waals surface area contributed by atoms with Crippen LogP contribution in [0.25, 0.3) is 6.08 Å². The molecule has 1 aliphatic carbocycles. The second kappa shape index (κ2) is 6.09. The molecule has 1 saturated carbocycles. The first-order chi connectivity index (χ1) is 9.48. The Kier molecular flexibility index (Phi) is 4.45. The quantitative estimate of drug-likeness (QED) is 0.805. The zero-order valence-corrected chi connectivity index (χ0v) is 12.1. The van der Waals surface area contributed by atoms with E-state index in [1.54, 1.807) is 6.08 Å². The molecule has 0 heterocycles. The SMILES string of the molecule is CN(C)c1ccc(/C=C/C(=O)NCC2(O)CCC2)cc1. The van der Waals surface area contributed by atoms with Crippen molar-refractivity contribution in [2.75, 3.05) is 25.5 Å². The molecule has 1 aromatic carbocycles. The fraction of sp³-hybridized carbons (Fsp3) is 0.438. The van der Waals surface area contributed by atoms with Gasteiger partial charge in [0.15, 0.2) is 0 Å². The van der Waals surface area contributed by atoms with Crippen molar-refractivity contribution in [3.63, 3.8) is 0 Å². The van der Waals surface area contributed by atoms with E-state index in [4.69, 9.17) is 0 Å². The standard InChI is InChI=1S/C16H22N2O2/c1-18(2)14-7-4-13(5-8-14)6-9-15(19)17-12-16(20)10-3-11-16/h4-9,20H,3,10-12H2,1-2H3,(H,17,19)/b9-6+. The Balaban J connectivity index is 1.83. The van der Waals surface area contributed by atoms with Crippen molar-refractivity contribution < 1.29 is 9.90 Å². The summed E-state index contributed by atoms with van der Waals surface area (Å²) in [6.07, 6.45) is 5.89. The number of carbonyl (C=O) groups is 1. The minimum absolute atomic E-state index is 0.165. The van der Waals surface area contributed by atoms with Crippen LogP contribution in [0.2, 0.25) is 0 Å². The summed E-state index contributed by atoms with van der Waals surface area (Å²) in [5.74, 6) is -0.165. The van der Waals surface area contributed by atoms with Crippen molar-refractivity contribution >= 4 is 17.7 Å². The molecule has 0 radical (unpaired) electrons. The first-order valence-electron chi connectivity index (χ1n) is 6.94. The third-order valence-electron chi connectivity index (χ3n) is 3.71. The summed E-state index contributed by atoms with van der Waals surface area (Å²) in [6.45, 7) is 0.343. The molecular formula is C16H22N2O2. The number of hydrogen-bond acceptors (Lipinski definition) is 3. The molecule has 1 fully saturated rings. The number of nitrogens with one attached hydrogen (secondary N) is 1. The largest absolute Gasteiger partial charge is 0.388 e. The zero-order valence-electron chi connectivity index (χ0n) is 12.1. The van der Waals surface area contributed by atoms with Gasteiger partial charge in [-0.2, -0.15) is 0 Å². The molecule has 108 valence electrons. The van der Waals surface area contributed by atoms with Gasteiger partial charge >= 0.3 is 0 Å². The van der Waals surface area contributed by atoms with Crippen LogP contribution in [0, 0.1) is 0 Å². The molecule has 0 unspecified atom stereocenters. The Hall–Kier alpha value is -1.81. The van der Waals surface area contributed by atoms with Crippen LogP contribution in [0.4, 0.5) is 5.69 Å². The minimum Gasteiger partial charge on any atom is -0.388 e. The van der Waals surface area contributed by atoms with Gasteiger partial charge in [0.05, 0.1) is 5.60 Å². The molecule has 1 amide bonds. The van der Waals surface area contributed by atoms with Gasteiger partial charge in [0.1, 0.15) is 0 Å². The molecule has 2 rings (SSSR count). The number of hydrogen-bond donors (Lipinski definition) is 2. The summed E-state index contributed by atoms with van der Waals surface area (Å²) < 4.78 is 0. The summed E-state index contributed by atoms with van der Waals surface area (Å²) in [5.41, 5.74) is 1.43. The summed E-state index contributed by atoms with van der Waals surface area (Å²) >= 11 is 0. The van der Waals surface area contributed by atoms with Crippen LogP contribution in [0.15, 0.2) is 30.3 Å². The van der Waals surface area contributed by atoms with E-state index in [1.807, 2.05) is 43.3 Å². The van der Waals surface area contributed by atoms with E-state index >= 15 is 0 Å². The highest BCUT2D eigenvalue weighted by Crippen LogP contribution is 2.30. The third kappa shape index (κ3) is 3.84. The zero-order chi connectivity index (χ0) is 14.6. The van der Waals surface area contributed by atoms with E-state index in [0.29, 0.717) is 6.54 Å². The van der Waals surface area contributed by atoms with Crippen LogP contribution in [0.3, 0.4) is 0 Å². The lowest BCUT2D eigenvalue weighted by molar-refractivity contribution is -0.118. The van der Waals surface area contributed by atoms with Crippen LogP contribution in [-0.2, 0) is 4.79 Å². The molecule has 4 nitrogen and oxygen atoms in total. The Bertz CT molecular complexity index is 488. The topological polar surface area (TPSA) is 52.6 Å². The maximum atomic E-state index is 11.7. The maximum Gasteiger partial charge on any atom is 0.244 e. The van der Waals surface area contributed by atoms with Crippen molar-refractivity contribution in [3.8, 4) is 0 Å². The van der Waals surface area contributed by atoms with Crippen molar-refractivity contribution in [1.82, 2.24) is 5.32 Å². The fourth-order valence-electron chi connectivity index (χ4n) is 2.13. The van der Waals surface area contributed by atoms with Gasteiger partial charge in [0.25, 0.3) is 0 Å². The van der Waals surface area contributed by atoms with Gasteiger partial charge in [-0.1, -0.05) is 12.1 Å². The number of nitrogens with zero attached hydrogens (tertiary/aromatic N) is 1. The lowest BCUT2D eigenvalue weighted by Crippen LogP contribution is -2.47. The number of anilines is 1. The molecule has 0 bridgehead atoms. The summed E-state index contributed by atoms with van der Waals surface area (Å²) in [6, 6.07) is 7.96. The molecule has 0 spiro atoms. The van der Waals surface area contributed by atoms with E-state index in [0.717, 1.165) is 30.5 Å². The van der Waals surface area contributed by atoms with Gasteiger partial charge in [-0.25, -0.2) is 0 Å². The second-order valence-corrected chi connectivity index (χ2v) is 5.61. The van der Waals surface area contributed by atoms with Gasteiger partial charge in [-0.05, 0) is 43.0 Å². The van der Waals surface area contributed by atoms with E-state index in [1.165, 1.54) is 6.08 Å². The Morgan fingerprint density at radius 1 is 1.35 bits per heavy atom. The van der Waals surface area contributed by atoms with Crippen LogP contribution in [0.5, 0.6) is 0 Å². The number of aliphatic hydroxyl groups is 1. The smallest absolute Gasteiger partial charge is 0.244 e. The van der Waals surface area contributed by atoms with E-state index in [2.05, 4.69) is 5.32 Å². The van der Waals surface area contributed by atoms with Crippen LogP contribution in [-0.4, -0.2) is 37.3 Å². The molecule has 1 aromatic rings. The first-order valence-corrected chi connectivity index (χ1v) is 6.94. The van der Waals surface area contributed by atoms with E-state index in [-0.39, 0.29) is 5.91 Å². The van der Waals surface area contributed by atoms with Gasteiger partial charge in [0, 0.05) is 32.4 Å². The first kappa shape index (κ1) is 14.6. The number of rotatable bonds is 5. The molecule has 20 heavy (non-hydrogen) atoms. The predicted octanol–water partition coefficient (Wildman–Crippen LogP) is 1.80. The van der Waals surface area contributed by atoms with Crippen molar-refractivity contribution in [3.05, 3.63) is 35.9 Å². The third-order valence-corrected chi connectivity index (χ3v) is 3.71. The fourth-order valence-corrected chi connectivity index (χ4v) is 2.13. The van der Waals surface area contributed by atoms with Gasteiger partial charge < -0.3 is 15.3 Å². The molecule has 2 N–H and O–H groups in total. The Labute approximate surface area is 120 Å². The summed E-state index contributed by atoms with van der Waals surface area (Å²) in [5, 5.41) is 12.6. The van der Waals surface area contributed by atoms with Gasteiger partial charge in [-0.3, -0.25) is 4.79 Å². The molecule has 1 aliphatic rings. The monoisotopic (exact) mass is 274 g/mol. The van der Waals surface area contributed by atoms with Crippen LogP contribution >= 0.6 is 0 Å². The second-order valence-electron chi connectivity index (χ2n) is 5.61. The average molecular weight is 274 g/mol. The average Bonchev–Trinajstić information content (AvgIpc) is 2.41. The maximum absolute atomic E-state index is 11.7. The molecular weight excluding hydrogens is 252 g/mol. The summed E-state index contributed by atoms with van der Waals surface area (Å²) in [4.78, 5) is 13.7. The van der Waals surface area contributed by atoms with Crippen LogP contribution in [0.1, 0.15) is 24.8 Å². The molecule has 0 aromatic heterocycles. The lowest BCUT2D eigenvalue weighted by Gasteiger charge is -2.36. The number of amides is 1. The van der Waals surface area contributed by atoms with Gasteiger partial charge in [0.2, 0.25) is 5.91 Å². The molecule has 0 atom stereocenters. The highest BCUT2D eigenvalue weighted by atomic mass is 16.3. The number of benzene rings is 1. The van der Waals surface area contributed by atoms with Crippen molar-refractivity contribution in [2.24, 2.45) is 0 Å². The normalized spacial score (nSPS) is 16.8. The Morgan fingerprint density at radius 3 is 2.50 bits per heavy atom. The van der Waals surface area contributed by atoms with Gasteiger partial charge in [-0.15, -0.1) is 0 Å². The minimum atomic E-state index is -0.670. The van der Waals surface area contributed by atoms with Crippen LogP contribution < -0.4 is 10.2 Å². The summed E-state index contributed by atoms with van der Waals surface area (Å²) in [7, 11) is 3.98. The van der Waals surface area contributed by atoms with E-state index < -0.39 is 5.60 Å². The lowest BCUT2D eigenvalue weighted by atomic mass is 9.80. The molecule has 0 saturated heterocycles. The number of carbonyl (C=O) groups excluding carboxylic acids is 1. The Morgan fingerprint density at radius 2 is 2.00 bits per heavy atom. The van der Waals surface area contributed by atoms with Crippen molar-refractivity contribution in [2.45, 2.75) is 24.9 Å². The molecule has 4 heteroatoms. The highest BCUT2D eigenvalue weighted by molar-refractivity contribution is 5.91. The van der Waals surface area contributed by atoms with Crippen molar-refractivity contribution in [1.29, 1.82) is 0 Å².